The van der Waals surface area contributed by atoms with Crippen LogP contribution in [0.5, 0.6) is 0 Å². The van der Waals surface area contributed by atoms with Crippen molar-refractivity contribution < 1.29 is 4.79 Å². The third-order valence-electron chi connectivity index (χ3n) is 5.36. The molecular formula is C22H21N3O2. The summed E-state index contributed by atoms with van der Waals surface area (Å²) < 4.78 is 1.39. The molecule has 2 aliphatic carbocycles. The highest BCUT2D eigenvalue weighted by Gasteiger charge is 2.32. The molecule has 2 saturated carbocycles. The van der Waals surface area contributed by atoms with Gasteiger partial charge in [-0.25, -0.2) is 9.66 Å². The van der Waals surface area contributed by atoms with Gasteiger partial charge in [0.1, 0.15) is 5.82 Å². The van der Waals surface area contributed by atoms with Crippen LogP contribution in [-0.4, -0.2) is 15.6 Å². The van der Waals surface area contributed by atoms with Gasteiger partial charge in [0.15, 0.2) is 0 Å². The maximum absolute atomic E-state index is 13.2. The van der Waals surface area contributed by atoms with Crippen LogP contribution < -0.4 is 11.0 Å². The third-order valence-corrected chi connectivity index (χ3v) is 5.36. The summed E-state index contributed by atoms with van der Waals surface area (Å²) >= 11 is 0. The van der Waals surface area contributed by atoms with E-state index in [1.807, 2.05) is 42.5 Å². The molecule has 2 aliphatic rings. The number of carbonyl (C=O) groups is 1. The number of benzene rings is 2. The van der Waals surface area contributed by atoms with Crippen LogP contribution in [0.3, 0.4) is 0 Å². The molecule has 0 spiro atoms. The predicted octanol–water partition coefficient (Wildman–Crippen LogP) is 3.46. The molecule has 5 rings (SSSR count). The third kappa shape index (κ3) is 3.14. The Morgan fingerprint density at radius 1 is 1.00 bits per heavy atom. The molecule has 5 heteroatoms. The molecule has 2 fully saturated rings. The van der Waals surface area contributed by atoms with E-state index in [4.69, 9.17) is 4.98 Å². The highest BCUT2D eigenvalue weighted by Crippen LogP contribution is 2.43. The lowest BCUT2D eigenvalue weighted by Gasteiger charge is -2.15. The first-order chi connectivity index (χ1) is 13.2. The summed E-state index contributed by atoms with van der Waals surface area (Å²) in [5.41, 5.74) is 5.55. The maximum Gasteiger partial charge on any atom is 0.280 e. The summed E-state index contributed by atoms with van der Waals surface area (Å²) in [5.74, 6) is 1.27. The van der Waals surface area contributed by atoms with Gasteiger partial charge in [0.2, 0.25) is 5.91 Å². The van der Waals surface area contributed by atoms with Crippen LogP contribution in [0, 0.1) is 0 Å². The zero-order chi connectivity index (χ0) is 18.4. The van der Waals surface area contributed by atoms with Crippen molar-refractivity contribution in [3.63, 3.8) is 0 Å². The molecule has 1 aromatic heterocycles. The quantitative estimate of drug-likeness (QED) is 0.759. The molecule has 27 heavy (non-hydrogen) atoms. The maximum atomic E-state index is 13.2. The molecule has 1 N–H and O–H groups in total. The van der Waals surface area contributed by atoms with Gasteiger partial charge < -0.3 is 0 Å². The van der Waals surface area contributed by atoms with Gasteiger partial charge in [0, 0.05) is 5.92 Å². The molecule has 0 unspecified atom stereocenters. The molecule has 0 saturated heterocycles. The minimum Gasteiger partial charge on any atom is -0.273 e. The van der Waals surface area contributed by atoms with E-state index >= 15 is 0 Å². The Kier molecular flexibility index (Phi) is 3.81. The van der Waals surface area contributed by atoms with Crippen LogP contribution in [0.15, 0.2) is 53.3 Å². The summed E-state index contributed by atoms with van der Waals surface area (Å²) in [7, 11) is 0. The lowest BCUT2D eigenvalue weighted by atomic mass is 10.1. The van der Waals surface area contributed by atoms with E-state index in [-0.39, 0.29) is 23.8 Å². The lowest BCUT2D eigenvalue weighted by molar-refractivity contribution is -0.116. The molecule has 0 bridgehead atoms. The number of fused-ring (bicyclic) bond motifs is 1. The first-order valence-corrected chi connectivity index (χ1v) is 9.60. The highest BCUT2D eigenvalue weighted by molar-refractivity contribution is 5.87. The second-order valence-corrected chi connectivity index (χ2v) is 7.60. The van der Waals surface area contributed by atoms with Gasteiger partial charge in [0.05, 0.1) is 17.3 Å². The zero-order valence-electron chi connectivity index (χ0n) is 15.0. The van der Waals surface area contributed by atoms with Crippen molar-refractivity contribution in [1.29, 1.82) is 0 Å². The van der Waals surface area contributed by atoms with Crippen LogP contribution in [0.4, 0.5) is 0 Å². The van der Waals surface area contributed by atoms with E-state index in [1.165, 1.54) is 10.2 Å². The standard InChI is InChI=1S/C22H21N3O2/c26-19(13-14-5-2-1-3-6-14)24-25-21(16-11-12-16)23-20-17(15-9-10-15)7-4-8-18(20)22(25)27/h1-8,15-16H,9-13H2,(H,24,26). The van der Waals surface area contributed by atoms with Gasteiger partial charge in [-0.2, -0.15) is 0 Å². The Morgan fingerprint density at radius 3 is 2.44 bits per heavy atom. The summed E-state index contributed by atoms with van der Waals surface area (Å²) in [6.07, 6.45) is 4.58. The monoisotopic (exact) mass is 359 g/mol. The number of nitrogens with zero attached hydrogens (tertiary/aromatic N) is 2. The smallest absolute Gasteiger partial charge is 0.273 e. The van der Waals surface area contributed by atoms with Crippen molar-refractivity contribution in [3.05, 3.63) is 75.8 Å². The molecule has 136 valence electrons. The molecule has 1 amide bonds. The summed E-state index contributed by atoms with van der Waals surface area (Å²) in [4.78, 5) is 30.6. The number of aromatic nitrogens is 2. The molecule has 5 nitrogen and oxygen atoms in total. The van der Waals surface area contributed by atoms with Gasteiger partial charge in [0.25, 0.3) is 5.56 Å². The van der Waals surface area contributed by atoms with Crippen molar-refractivity contribution >= 4 is 16.8 Å². The highest BCUT2D eigenvalue weighted by atomic mass is 16.2. The van der Waals surface area contributed by atoms with E-state index in [0.717, 1.165) is 36.8 Å². The summed E-state index contributed by atoms with van der Waals surface area (Å²) in [6, 6.07) is 15.4. The van der Waals surface area contributed by atoms with E-state index in [0.29, 0.717) is 17.1 Å². The minimum atomic E-state index is -0.204. The van der Waals surface area contributed by atoms with Crippen molar-refractivity contribution in [2.75, 3.05) is 5.43 Å². The van der Waals surface area contributed by atoms with Crippen molar-refractivity contribution in [1.82, 2.24) is 9.66 Å². The fourth-order valence-corrected chi connectivity index (χ4v) is 3.64. The zero-order valence-corrected chi connectivity index (χ0v) is 15.0. The van der Waals surface area contributed by atoms with Crippen LogP contribution in [0.1, 0.15) is 54.5 Å². The number of nitrogens with one attached hydrogen (secondary N) is 1. The van der Waals surface area contributed by atoms with Crippen molar-refractivity contribution in [2.45, 2.75) is 43.9 Å². The minimum absolute atomic E-state index is 0.175. The average Bonchev–Trinajstić information content (AvgIpc) is 3.56. The van der Waals surface area contributed by atoms with Crippen LogP contribution in [0.2, 0.25) is 0 Å². The molecule has 1 heterocycles. The van der Waals surface area contributed by atoms with Gasteiger partial charge in [-0.1, -0.05) is 42.5 Å². The first kappa shape index (κ1) is 16.2. The van der Waals surface area contributed by atoms with E-state index in [2.05, 4.69) is 11.5 Å². The van der Waals surface area contributed by atoms with Gasteiger partial charge in [-0.3, -0.25) is 15.0 Å². The lowest BCUT2D eigenvalue weighted by Crippen LogP contribution is -2.37. The van der Waals surface area contributed by atoms with Crippen LogP contribution >= 0.6 is 0 Å². The predicted molar refractivity (Wildman–Crippen MR) is 104 cm³/mol. The molecule has 3 aromatic rings. The molecule has 0 aliphatic heterocycles. The van der Waals surface area contributed by atoms with Gasteiger partial charge >= 0.3 is 0 Å². The molecule has 0 radical (unpaired) electrons. The van der Waals surface area contributed by atoms with Crippen LogP contribution in [0.25, 0.3) is 10.9 Å². The SMILES string of the molecule is O=C(Cc1ccccc1)Nn1c(C2CC2)nc2c(C3CC3)cccc2c1=O. The molecule has 0 atom stereocenters. The number of amides is 1. The Bertz CT molecular complexity index is 1080. The fourth-order valence-electron chi connectivity index (χ4n) is 3.64. The average molecular weight is 359 g/mol. The van der Waals surface area contributed by atoms with E-state index in [9.17, 15) is 9.59 Å². The number of para-hydroxylation sites is 1. The summed E-state index contributed by atoms with van der Waals surface area (Å²) in [6.45, 7) is 0. The first-order valence-electron chi connectivity index (χ1n) is 9.60. The Labute approximate surface area is 157 Å². The number of carbonyl (C=O) groups excluding carboxylic acids is 1. The van der Waals surface area contributed by atoms with Crippen LogP contribution in [-0.2, 0) is 11.2 Å². The van der Waals surface area contributed by atoms with E-state index in [1.54, 1.807) is 0 Å². The van der Waals surface area contributed by atoms with Gasteiger partial charge in [-0.15, -0.1) is 0 Å². The fraction of sp³-hybridized carbons (Fsp3) is 0.318. The Morgan fingerprint density at radius 2 is 1.74 bits per heavy atom. The molecule has 2 aromatic carbocycles. The topological polar surface area (TPSA) is 64.0 Å². The van der Waals surface area contributed by atoms with E-state index < -0.39 is 0 Å². The normalized spacial score (nSPS) is 16.4. The van der Waals surface area contributed by atoms with Crippen molar-refractivity contribution in [3.8, 4) is 0 Å². The van der Waals surface area contributed by atoms with Crippen molar-refractivity contribution in [2.24, 2.45) is 0 Å². The number of rotatable bonds is 5. The second-order valence-electron chi connectivity index (χ2n) is 7.60. The Balaban J connectivity index is 1.55. The number of hydrogen-bond acceptors (Lipinski definition) is 3. The van der Waals surface area contributed by atoms with Gasteiger partial charge in [-0.05, 0) is 48.8 Å². The number of hydrogen-bond donors (Lipinski definition) is 1. The largest absolute Gasteiger partial charge is 0.280 e. The molecular weight excluding hydrogens is 338 g/mol. The summed E-state index contributed by atoms with van der Waals surface area (Å²) in [5, 5.41) is 0.587. The Hall–Kier alpha value is -2.95. The second kappa shape index (κ2) is 6.34.